The SMILES string of the molecule is C=COCC.CCOC(C)Oc1cccc(OC(C)OCC)c1.CCOC(C)Oc1cccc(OC(C)OCC)c1C=O.O=Cc1c(O)cccc1O.Oc1cccc(O)c1.[3H][P+](P)=S. The average Bonchev–Trinajstić information content (AvgIpc) is 3.22. The van der Waals surface area contributed by atoms with E-state index in [4.69, 9.17) is 59.6 Å². The molecule has 0 aliphatic heterocycles. The molecule has 0 aliphatic rings. The molecule has 18 heteroatoms. The minimum Gasteiger partial charge on any atom is -0.508 e. The molecule has 0 aliphatic carbocycles. The molecule has 0 fully saturated rings. The molecule has 15 nitrogen and oxygen atoms in total. The number of hydrogen-bond acceptors (Lipinski definition) is 16. The van der Waals surface area contributed by atoms with E-state index in [2.05, 4.69) is 32.1 Å². The molecule has 6 unspecified atom stereocenters. The quantitative estimate of drug-likeness (QED) is 0.0282. The largest absolute Gasteiger partial charge is 0.508 e. The monoisotopic (exact) mass is 955 g/mol. The fraction of sp³-hybridized carbons (Fsp3) is 0.391. The summed E-state index contributed by atoms with van der Waals surface area (Å²) in [5.74, 6) is 2.08. The smallest absolute Gasteiger partial charge is 0.355 e. The van der Waals surface area contributed by atoms with E-state index in [-0.39, 0.29) is 41.1 Å². The summed E-state index contributed by atoms with van der Waals surface area (Å²) < 4.78 is 54.6. The molecule has 0 saturated carbocycles. The summed E-state index contributed by atoms with van der Waals surface area (Å²) in [7, 11) is 2.20. The normalized spacial score (nSPS) is 12.0. The number of aromatic hydroxyl groups is 4. The van der Waals surface area contributed by atoms with Crippen LogP contribution in [0.25, 0.3) is 0 Å². The van der Waals surface area contributed by atoms with Crippen LogP contribution in [0, 0.1) is 0 Å². The fourth-order valence-electron chi connectivity index (χ4n) is 4.56. The van der Waals surface area contributed by atoms with Crippen molar-refractivity contribution < 1.29 is 72.6 Å². The lowest BCUT2D eigenvalue weighted by molar-refractivity contribution is -0.0659. The highest BCUT2D eigenvalue weighted by molar-refractivity contribution is 8.24. The van der Waals surface area contributed by atoms with E-state index < -0.39 is 19.6 Å². The molecule has 0 radical (unpaired) electrons. The van der Waals surface area contributed by atoms with Crippen LogP contribution in [0.3, 0.4) is 0 Å². The van der Waals surface area contributed by atoms with Gasteiger partial charge in [0.2, 0.25) is 0 Å². The van der Waals surface area contributed by atoms with E-state index in [1.165, 1.54) is 42.7 Å². The van der Waals surface area contributed by atoms with E-state index in [0.717, 1.165) is 18.1 Å². The minimum absolute atomic E-state index is 0.0671. The molecule has 6 atom stereocenters. The van der Waals surface area contributed by atoms with Crippen molar-refractivity contribution >= 4 is 40.3 Å². The Bertz CT molecular complexity index is 1790. The number of carbonyl (C=O) groups is 2. The van der Waals surface area contributed by atoms with Gasteiger partial charge < -0.3 is 63.1 Å². The second-order valence-corrected chi connectivity index (χ2v) is 14.6. The van der Waals surface area contributed by atoms with Crippen molar-refractivity contribution in [2.45, 2.75) is 87.5 Å². The fourth-order valence-corrected chi connectivity index (χ4v) is 4.56. The first-order valence-corrected chi connectivity index (χ1v) is 23.7. The number of hydrogen-bond donors (Lipinski definition) is 4. The Morgan fingerprint density at radius 1 is 0.594 bits per heavy atom. The number of aldehydes is 2. The van der Waals surface area contributed by atoms with E-state index in [0.29, 0.717) is 56.1 Å². The van der Waals surface area contributed by atoms with Crippen LogP contribution in [-0.4, -0.2) is 92.5 Å². The van der Waals surface area contributed by atoms with Crippen molar-refractivity contribution in [3.8, 4) is 46.0 Å². The summed E-state index contributed by atoms with van der Waals surface area (Å²) in [4.78, 5) is 21.4. The number of phenols is 4. The summed E-state index contributed by atoms with van der Waals surface area (Å²) in [5, 5.41) is 35.1. The van der Waals surface area contributed by atoms with Gasteiger partial charge in [-0.1, -0.05) is 30.8 Å². The molecule has 4 N–H and O–H groups in total. The second kappa shape index (κ2) is 39.5. The Hall–Kier alpha value is -5.05. The van der Waals surface area contributed by atoms with Crippen LogP contribution in [0.2, 0.25) is 0 Å². The van der Waals surface area contributed by atoms with Gasteiger partial charge in [0.1, 0.15) is 46.0 Å². The minimum atomic E-state index is -0.870. The zero-order valence-electron chi connectivity index (χ0n) is 39.1. The maximum atomic E-state index is 11.3. The Kier molecular flexibility index (Phi) is 36.4. The number of phenolic OH excluding ortho intramolecular Hbond substituents is 4. The van der Waals surface area contributed by atoms with Crippen molar-refractivity contribution in [3.05, 3.63) is 109 Å². The molecule has 0 spiro atoms. The van der Waals surface area contributed by atoms with E-state index >= 15 is 0 Å². The van der Waals surface area contributed by atoms with Crippen molar-refractivity contribution in [1.82, 2.24) is 0 Å². The summed E-state index contributed by atoms with van der Waals surface area (Å²) in [6.07, 6.45) is 1.15. The molecular formula is C46H67O15P2S+. The zero-order valence-corrected chi connectivity index (χ0v) is 40.9. The predicted molar refractivity (Wildman–Crippen MR) is 257 cm³/mol. The summed E-state index contributed by atoms with van der Waals surface area (Å²) >= 11 is 4.31. The van der Waals surface area contributed by atoms with Gasteiger partial charge in [0, 0.05) is 38.6 Å². The van der Waals surface area contributed by atoms with Gasteiger partial charge in [-0.2, -0.15) is 0 Å². The van der Waals surface area contributed by atoms with Gasteiger partial charge in [-0.15, -0.1) is 0 Å². The number of carbonyl (C=O) groups excluding carboxylic acids is 2. The first-order valence-electron chi connectivity index (χ1n) is 20.6. The van der Waals surface area contributed by atoms with Crippen molar-refractivity contribution in [2.24, 2.45) is 0 Å². The molecular weight excluding hydrogens is 887 g/mol. The Labute approximate surface area is 388 Å². The van der Waals surface area contributed by atoms with Crippen molar-refractivity contribution in [3.63, 3.8) is 0 Å². The van der Waals surface area contributed by atoms with Crippen LogP contribution in [0.15, 0.2) is 97.8 Å². The first kappa shape index (κ1) is 58.9. The van der Waals surface area contributed by atoms with Crippen molar-refractivity contribution in [2.75, 3.05) is 33.0 Å². The highest BCUT2D eigenvalue weighted by Crippen LogP contribution is 2.29. The summed E-state index contributed by atoms with van der Waals surface area (Å²) in [5.41, 5.74) is 0.285. The van der Waals surface area contributed by atoms with Gasteiger partial charge in [0.05, 0.1) is 32.9 Å². The van der Waals surface area contributed by atoms with E-state index in [9.17, 15) is 9.59 Å². The molecule has 4 aromatic rings. The molecule has 0 saturated heterocycles. The molecule has 0 bridgehead atoms. The lowest BCUT2D eigenvalue weighted by Gasteiger charge is -2.19. The summed E-state index contributed by atoms with van der Waals surface area (Å²) in [6, 6.07) is 22.6. The van der Waals surface area contributed by atoms with Gasteiger partial charge in [-0.3, -0.25) is 9.59 Å². The molecule has 356 valence electrons. The maximum Gasteiger partial charge on any atom is 0.355 e. The van der Waals surface area contributed by atoms with Crippen LogP contribution in [-0.2, 0) is 35.5 Å². The van der Waals surface area contributed by atoms with Gasteiger partial charge in [-0.25, -0.2) is 0 Å². The molecule has 4 rings (SSSR count). The number of benzene rings is 4. The van der Waals surface area contributed by atoms with Crippen LogP contribution in [0.4, 0.5) is 0 Å². The average molecular weight is 956 g/mol. The Morgan fingerprint density at radius 2 is 0.938 bits per heavy atom. The third-order valence-electron chi connectivity index (χ3n) is 7.04. The summed E-state index contributed by atoms with van der Waals surface area (Å²) in [6.45, 7) is 22.3. The first-order chi connectivity index (χ1) is 31.0. The Morgan fingerprint density at radius 3 is 1.22 bits per heavy atom. The van der Waals surface area contributed by atoms with Crippen LogP contribution >= 0.6 is 15.9 Å². The molecule has 4 aromatic carbocycles. The third-order valence-corrected chi connectivity index (χ3v) is 7.04. The van der Waals surface area contributed by atoms with Gasteiger partial charge in [-0.05, 0) is 111 Å². The lowest BCUT2D eigenvalue weighted by atomic mass is 10.2. The molecule has 0 heterocycles. The molecule has 0 aromatic heterocycles. The lowest BCUT2D eigenvalue weighted by Crippen LogP contribution is -2.19. The van der Waals surface area contributed by atoms with Crippen LogP contribution in [0.1, 0.15) is 83.0 Å². The van der Waals surface area contributed by atoms with Gasteiger partial charge in [0.15, 0.2) is 56.5 Å². The number of rotatable bonds is 20. The van der Waals surface area contributed by atoms with E-state index in [1.807, 2.05) is 72.7 Å². The van der Waals surface area contributed by atoms with Crippen LogP contribution < -0.4 is 18.9 Å². The zero-order chi connectivity index (χ0) is 49.6. The number of ether oxygens (including phenoxy) is 9. The van der Waals surface area contributed by atoms with Crippen LogP contribution in [0.5, 0.6) is 46.0 Å². The molecule has 64 heavy (non-hydrogen) atoms. The maximum absolute atomic E-state index is 11.3. The topological polar surface area (TPSA) is 198 Å². The highest BCUT2D eigenvalue weighted by Gasteiger charge is 2.15. The van der Waals surface area contributed by atoms with E-state index in [1.54, 1.807) is 38.1 Å². The third kappa shape index (κ3) is 30.1. The second-order valence-electron chi connectivity index (χ2n) is 11.9. The van der Waals surface area contributed by atoms with Gasteiger partial charge >= 0.3 is 1.28 Å². The predicted octanol–water partition coefficient (Wildman–Crippen LogP) is 10.3. The Balaban J connectivity index is 0. The highest BCUT2D eigenvalue weighted by atomic mass is 32.6. The van der Waals surface area contributed by atoms with Crippen molar-refractivity contribution in [1.29, 1.82) is 1.28 Å². The van der Waals surface area contributed by atoms with Gasteiger partial charge in [0.25, 0.3) is 0 Å². The standard InChI is InChI=1S/C15H22O5.C14H22O4.C7H6O3.C6H6O2.C4H8O.H2P2S/c1-5-17-11(3)19-14-8-7-9-15(13(14)10-16)20-12(4)18-6-2;1-5-15-11(3)17-13-8-7-9-14(10-13)18-12(4)16-6-2;8-4-5-6(9)2-1-3-7(5)10;7-5-2-1-3-6(8)4-5;1-3-5-4-2;1-2-3/h7-12H,5-6H2,1-4H3;7-12H,5-6H2,1-4H3;1-4,9-10H;1-4,7-8H;3H,1,4H2,2H3;1H2/p+1/i/hT. The molecule has 0 amide bonds.